The molecular weight excluding hydrogens is 318 g/mol. The number of aromatic amines is 1. The van der Waals surface area contributed by atoms with Crippen molar-refractivity contribution in [1.29, 1.82) is 0 Å². The summed E-state index contributed by atoms with van der Waals surface area (Å²) in [6.45, 7) is 0. The number of aromatic nitrogens is 3. The molecule has 0 unspecified atom stereocenters. The van der Waals surface area contributed by atoms with E-state index < -0.39 is 0 Å². The van der Waals surface area contributed by atoms with E-state index in [-0.39, 0.29) is 5.56 Å². The van der Waals surface area contributed by atoms with Gasteiger partial charge < -0.3 is 0 Å². The summed E-state index contributed by atoms with van der Waals surface area (Å²) < 4.78 is 2.49. The molecule has 0 spiro atoms. The van der Waals surface area contributed by atoms with Gasteiger partial charge >= 0.3 is 0 Å². The van der Waals surface area contributed by atoms with Gasteiger partial charge in [-0.25, -0.2) is 4.98 Å². The lowest BCUT2D eigenvalue weighted by molar-refractivity contribution is 0.846. The Kier molecular flexibility index (Phi) is 3.10. The van der Waals surface area contributed by atoms with Gasteiger partial charge in [0.1, 0.15) is 0 Å². The Morgan fingerprint density at radius 3 is 2.68 bits per heavy atom. The molecule has 6 heteroatoms. The van der Waals surface area contributed by atoms with E-state index in [1.54, 1.807) is 6.07 Å². The molecule has 0 radical (unpaired) electrons. The number of hydrogen-bond acceptors (Lipinski definition) is 3. The van der Waals surface area contributed by atoms with Gasteiger partial charge in [0, 0.05) is 16.7 Å². The van der Waals surface area contributed by atoms with E-state index in [0.29, 0.717) is 15.8 Å². The minimum Gasteiger partial charge on any atom is -0.288 e. The molecule has 0 aliphatic rings. The van der Waals surface area contributed by atoms with Crippen molar-refractivity contribution >= 4 is 33.2 Å². The Bertz CT molecular complexity index is 998. The van der Waals surface area contributed by atoms with Crippen LogP contribution in [0.15, 0.2) is 59.4 Å². The van der Waals surface area contributed by atoms with Crippen LogP contribution in [-0.4, -0.2) is 14.8 Å². The van der Waals surface area contributed by atoms with Crippen LogP contribution in [0.4, 0.5) is 0 Å². The van der Waals surface area contributed by atoms with Crippen molar-refractivity contribution in [1.82, 2.24) is 14.8 Å². The minimum atomic E-state index is -0.158. The highest BCUT2D eigenvalue weighted by molar-refractivity contribution is 7.20. The number of H-pyrrole nitrogens is 1. The third kappa shape index (κ3) is 2.15. The van der Waals surface area contributed by atoms with Gasteiger partial charge in [-0.15, -0.1) is 0 Å². The third-order valence-electron chi connectivity index (χ3n) is 3.36. The molecule has 0 saturated heterocycles. The maximum Gasteiger partial charge on any atom is 0.273 e. The SMILES string of the molecule is O=c1cc(-c2ccccc2Cl)[nH]n1-c1nc2ccccc2s1. The first-order valence-electron chi connectivity index (χ1n) is 6.65. The fourth-order valence-corrected chi connectivity index (χ4v) is 3.48. The normalized spacial score (nSPS) is 11.1. The molecule has 0 atom stereocenters. The van der Waals surface area contributed by atoms with Crippen LogP contribution in [0.1, 0.15) is 0 Å². The van der Waals surface area contributed by atoms with Crippen LogP contribution < -0.4 is 5.56 Å². The number of fused-ring (bicyclic) bond motifs is 1. The first-order chi connectivity index (χ1) is 10.7. The molecule has 0 saturated carbocycles. The largest absolute Gasteiger partial charge is 0.288 e. The quantitative estimate of drug-likeness (QED) is 0.602. The number of thiazole rings is 1. The van der Waals surface area contributed by atoms with Gasteiger partial charge in [0.05, 0.1) is 15.9 Å². The van der Waals surface area contributed by atoms with Gasteiger partial charge in [0.15, 0.2) is 0 Å². The van der Waals surface area contributed by atoms with Crippen molar-refractivity contribution < 1.29 is 0 Å². The standard InChI is InChI=1S/C16H10ClN3OS/c17-11-6-2-1-5-10(11)13-9-15(21)20(19-13)16-18-12-7-3-4-8-14(12)22-16/h1-9,19H. The van der Waals surface area contributed by atoms with Gasteiger partial charge in [-0.2, -0.15) is 4.68 Å². The third-order valence-corrected chi connectivity index (χ3v) is 4.71. The second kappa shape index (κ2) is 5.12. The Morgan fingerprint density at radius 2 is 1.86 bits per heavy atom. The van der Waals surface area contributed by atoms with Crippen LogP contribution in [0.5, 0.6) is 0 Å². The predicted octanol–water partition coefficient (Wildman–Crippen LogP) is 4.10. The molecule has 0 aliphatic heterocycles. The smallest absolute Gasteiger partial charge is 0.273 e. The van der Waals surface area contributed by atoms with Gasteiger partial charge in [-0.05, 0) is 18.2 Å². The van der Waals surface area contributed by atoms with Crippen LogP contribution >= 0.6 is 22.9 Å². The number of rotatable bonds is 2. The zero-order valence-electron chi connectivity index (χ0n) is 11.3. The van der Waals surface area contributed by atoms with E-state index in [1.165, 1.54) is 22.1 Å². The van der Waals surface area contributed by atoms with E-state index >= 15 is 0 Å². The average Bonchev–Trinajstić information content (AvgIpc) is 3.10. The van der Waals surface area contributed by atoms with E-state index in [2.05, 4.69) is 10.1 Å². The number of nitrogens with one attached hydrogen (secondary N) is 1. The molecule has 4 rings (SSSR count). The summed E-state index contributed by atoms with van der Waals surface area (Å²) in [5.74, 6) is 0. The van der Waals surface area contributed by atoms with Crippen LogP contribution in [0.2, 0.25) is 5.02 Å². The molecule has 2 heterocycles. The van der Waals surface area contributed by atoms with Crippen LogP contribution in [0.3, 0.4) is 0 Å². The number of para-hydroxylation sites is 1. The lowest BCUT2D eigenvalue weighted by atomic mass is 10.1. The summed E-state index contributed by atoms with van der Waals surface area (Å²) in [5, 5.41) is 4.30. The summed E-state index contributed by atoms with van der Waals surface area (Å²) in [5.41, 5.74) is 2.19. The number of halogens is 1. The van der Waals surface area contributed by atoms with Crippen molar-refractivity contribution in [2.24, 2.45) is 0 Å². The Labute approximate surface area is 134 Å². The van der Waals surface area contributed by atoms with Crippen molar-refractivity contribution in [3.05, 3.63) is 70.0 Å². The summed E-state index contributed by atoms with van der Waals surface area (Å²) in [6, 6.07) is 16.7. The van der Waals surface area contributed by atoms with E-state index in [0.717, 1.165) is 15.8 Å². The average molecular weight is 328 g/mol. The first kappa shape index (κ1) is 13.3. The predicted molar refractivity (Wildman–Crippen MR) is 90.0 cm³/mol. The molecule has 0 aliphatic carbocycles. The van der Waals surface area contributed by atoms with Crippen LogP contribution in [-0.2, 0) is 0 Å². The number of benzene rings is 2. The molecule has 0 amide bonds. The van der Waals surface area contributed by atoms with Crippen molar-refractivity contribution in [2.75, 3.05) is 0 Å². The van der Waals surface area contributed by atoms with E-state index in [4.69, 9.17) is 11.6 Å². The Morgan fingerprint density at radius 1 is 1.09 bits per heavy atom. The second-order valence-corrected chi connectivity index (χ2v) is 6.20. The van der Waals surface area contributed by atoms with Crippen LogP contribution in [0, 0.1) is 0 Å². The monoisotopic (exact) mass is 327 g/mol. The van der Waals surface area contributed by atoms with E-state index in [1.807, 2.05) is 42.5 Å². The molecule has 108 valence electrons. The van der Waals surface area contributed by atoms with Gasteiger partial charge in [-0.3, -0.25) is 9.89 Å². The number of nitrogens with zero attached hydrogens (tertiary/aromatic N) is 2. The van der Waals surface area contributed by atoms with Crippen LogP contribution in [0.25, 0.3) is 26.6 Å². The van der Waals surface area contributed by atoms with Gasteiger partial charge in [0.2, 0.25) is 5.13 Å². The highest BCUT2D eigenvalue weighted by atomic mass is 35.5. The van der Waals surface area contributed by atoms with Crippen molar-refractivity contribution in [3.8, 4) is 16.4 Å². The highest BCUT2D eigenvalue weighted by Crippen LogP contribution is 2.27. The Hall–Kier alpha value is -2.37. The lowest BCUT2D eigenvalue weighted by Gasteiger charge is -2.00. The summed E-state index contributed by atoms with van der Waals surface area (Å²) in [7, 11) is 0. The summed E-state index contributed by atoms with van der Waals surface area (Å²) >= 11 is 7.65. The molecule has 0 bridgehead atoms. The topological polar surface area (TPSA) is 50.7 Å². The summed E-state index contributed by atoms with van der Waals surface area (Å²) in [4.78, 5) is 16.7. The molecule has 4 nitrogen and oxygen atoms in total. The van der Waals surface area contributed by atoms with Crippen molar-refractivity contribution in [2.45, 2.75) is 0 Å². The molecule has 1 N–H and O–H groups in total. The highest BCUT2D eigenvalue weighted by Gasteiger charge is 2.12. The second-order valence-electron chi connectivity index (χ2n) is 4.79. The van der Waals surface area contributed by atoms with Gasteiger partial charge in [0.25, 0.3) is 5.56 Å². The molecule has 0 fully saturated rings. The maximum atomic E-state index is 12.3. The molecule has 4 aromatic rings. The fraction of sp³-hybridized carbons (Fsp3) is 0. The lowest BCUT2D eigenvalue weighted by Crippen LogP contribution is -2.12. The number of hydrogen-bond donors (Lipinski definition) is 1. The molecular formula is C16H10ClN3OS. The molecule has 2 aromatic carbocycles. The minimum absolute atomic E-state index is 0.158. The zero-order chi connectivity index (χ0) is 15.1. The van der Waals surface area contributed by atoms with Crippen molar-refractivity contribution in [3.63, 3.8) is 0 Å². The maximum absolute atomic E-state index is 12.3. The summed E-state index contributed by atoms with van der Waals surface area (Å²) in [6.07, 6.45) is 0. The van der Waals surface area contributed by atoms with Gasteiger partial charge in [-0.1, -0.05) is 53.3 Å². The fourth-order valence-electron chi connectivity index (χ4n) is 2.31. The molecule has 2 aromatic heterocycles. The zero-order valence-corrected chi connectivity index (χ0v) is 12.9. The van der Waals surface area contributed by atoms with E-state index in [9.17, 15) is 4.79 Å². The Balaban J connectivity index is 1.87. The first-order valence-corrected chi connectivity index (χ1v) is 7.85. The molecule has 22 heavy (non-hydrogen) atoms.